The molecule has 164 valence electrons. The van der Waals surface area contributed by atoms with Gasteiger partial charge in [-0.25, -0.2) is 0 Å². The average Bonchev–Trinajstić information content (AvgIpc) is 3.00. The molecule has 0 unspecified atom stereocenters. The zero-order valence-electron chi connectivity index (χ0n) is 17.2. The topological polar surface area (TPSA) is 116 Å². The number of aliphatic carboxylic acids is 1. The predicted octanol–water partition coefficient (Wildman–Crippen LogP) is 1.47. The molecule has 9 nitrogen and oxygen atoms in total. The first-order valence-corrected chi connectivity index (χ1v) is 10.9. The summed E-state index contributed by atoms with van der Waals surface area (Å²) < 4.78 is 7.22. The molecule has 0 saturated carbocycles. The molecule has 3 rings (SSSR count). The minimum atomic E-state index is -0.930. The second kappa shape index (κ2) is 9.64. The van der Waals surface area contributed by atoms with Gasteiger partial charge in [0.2, 0.25) is 0 Å². The molecule has 2 saturated heterocycles. The fourth-order valence-electron chi connectivity index (χ4n) is 3.58. The maximum atomic E-state index is 12.9. The van der Waals surface area contributed by atoms with Crippen molar-refractivity contribution in [3.63, 3.8) is 0 Å². The molecule has 0 radical (unpaired) electrons. The number of anilines is 1. The van der Waals surface area contributed by atoms with E-state index in [0.717, 1.165) is 11.8 Å². The Morgan fingerprint density at radius 1 is 1.35 bits per heavy atom. The normalized spacial score (nSPS) is 18.0. The Kier molecular flexibility index (Phi) is 7.15. The van der Waals surface area contributed by atoms with Crippen molar-refractivity contribution in [1.82, 2.24) is 9.47 Å². The Balaban J connectivity index is 2.04. The highest BCUT2D eigenvalue weighted by molar-refractivity contribution is 8.26. The lowest BCUT2D eigenvalue weighted by molar-refractivity contribution is -0.137. The van der Waals surface area contributed by atoms with Gasteiger partial charge in [0.05, 0.1) is 18.1 Å². The van der Waals surface area contributed by atoms with Crippen molar-refractivity contribution in [3.8, 4) is 6.07 Å². The van der Waals surface area contributed by atoms with Crippen LogP contribution in [0.4, 0.5) is 5.82 Å². The summed E-state index contributed by atoms with van der Waals surface area (Å²) in [6.07, 6.45) is 1.92. The fraction of sp³-hybridized carbons (Fsp3) is 0.450. The molecule has 1 N–H and O–H groups in total. The van der Waals surface area contributed by atoms with Gasteiger partial charge < -0.3 is 14.7 Å². The summed E-state index contributed by atoms with van der Waals surface area (Å²) in [6.45, 7) is 4.10. The standard InChI is InChI=1S/C20H22N4O5S2/c1-12-13(10-15-19(28)24(20(30)31-15)5-3-4-16(25)26)17(23-6-8-29-9-7-23)22(2)18(27)14(12)11-21/h10H,3-9H2,1-2H3,(H,25,26). The number of carboxylic acid groups (broad SMARTS) is 1. The first-order valence-electron chi connectivity index (χ1n) is 9.69. The Hall–Kier alpha value is -2.68. The molecule has 31 heavy (non-hydrogen) atoms. The molecule has 0 aromatic carbocycles. The van der Waals surface area contributed by atoms with E-state index in [2.05, 4.69) is 0 Å². The van der Waals surface area contributed by atoms with Crippen molar-refractivity contribution in [1.29, 1.82) is 5.26 Å². The lowest BCUT2D eigenvalue weighted by Gasteiger charge is -2.32. The van der Waals surface area contributed by atoms with Gasteiger partial charge in [-0.05, 0) is 25.0 Å². The largest absolute Gasteiger partial charge is 0.481 e. The number of aromatic nitrogens is 1. The van der Waals surface area contributed by atoms with E-state index < -0.39 is 5.97 Å². The number of rotatable bonds is 6. The van der Waals surface area contributed by atoms with Crippen molar-refractivity contribution in [2.45, 2.75) is 19.8 Å². The number of ether oxygens (including phenoxy) is 1. The molecule has 0 atom stereocenters. The third kappa shape index (κ3) is 4.66. The van der Waals surface area contributed by atoms with E-state index in [9.17, 15) is 19.6 Å². The van der Waals surface area contributed by atoms with Crippen LogP contribution in [0.25, 0.3) is 6.08 Å². The molecule has 2 aliphatic heterocycles. The third-order valence-corrected chi connectivity index (χ3v) is 6.58. The van der Waals surface area contributed by atoms with E-state index >= 15 is 0 Å². The number of nitrogens with zero attached hydrogens (tertiary/aromatic N) is 4. The van der Waals surface area contributed by atoms with Gasteiger partial charge in [0, 0.05) is 38.7 Å². The van der Waals surface area contributed by atoms with E-state index in [1.807, 2.05) is 11.0 Å². The number of hydrogen-bond donors (Lipinski definition) is 1. The summed E-state index contributed by atoms with van der Waals surface area (Å²) in [6, 6.07) is 1.98. The number of carbonyl (C=O) groups excluding carboxylic acids is 1. The number of morpholine rings is 1. The monoisotopic (exact) mass is 462 g/mol. The number of thiocarbonyl (C=S) groups is 1. The van der Waals surface area contributed by atoms with Crippen LogP contribution in [0.15, 0.2) is 9.70 Å². The Morgan fingerprint density at radius 3 is 2.65 bits per heavy atom. The van der Waals surface area contributed by atoms with E-state index in [1.54, 1.807) is 20.0 Å². The second-order valence-electron chi connectivity index (χ2n) is 7.14. The van der Waals surface area contributed by atoms with Crippen molar-refractivity contribution in [2.75, 3.05) is 37.7 Å². The fourth-order valence-corrected chi connectivity index (χ4v) is 4.87. The molecule has 2 fully saturated rings. The van der Waals surface area contributed by atoms with Crippen molar-refractivity contribution in [2.24, 2.45) is 7.05 Å². The lowest BCUT2D eigenvalue weighted by atomic mass is 10.0. The average molecular weight is 463 g/mol. The van der Waals surface area contributed by atoms with Gasteiger partial charge in [-0.1, -0.05) is 24.0 Å². The number of amides is 1. The molecule has 3 heterocycles. The van der Waals surface area contributed by atoms with Gasteiger partial charge >= 0.3 is 5.97 Å². The van der Waals surface area contributed by atoms with Gasteiger partial charge in [-0.15, -0.1) is 0 Å². The number of thioether (sulfide) groups is 1. The van der Waals surface area contributed by atoms with Gasteiger partial charge in [0.25, 0.3) is 11.5 Å². The second-order valence-corrected chi connectivity index (χ2v) is 8.82. The highest BCUT2D eigenvalue weighted by Crippen LogP contribution is 2.35. The van der Waals surface area contributed by atoms with Gasteiger partial charge in [0.1, 0.15) is 21.8 Å². The van der Waals surface area contributed by atoms with Crippen LogP contribution < -0.4 is 10.5 Å². The molecule has 0 bridgehead atoms. The van der Waals surface area contributed by atoms with Crippen molar-refractivity contribution < 1.29 is 19.4 Å². The quantitative estimate of drug-likeness (QED) is 0.495. The SMILES string of the molecule is Cc1c(C=C2SC(=S)N(CCCC(=O)O)C2=O)c(N2CCOCC2)n(C)c(=O)c1C#N. The summed E-state index contributed by atoms with van der Waals surface area (Å²) in [7, 11) is 1.61. The molecule has 11 heteroatoms. The minimum Gasteiger partial charge on any atom is -0.481 e. The number of nitriles is 1. The van der Waals surface area contributed by atoms with Crippen LogP contribution in [0, 0.1) is 18.3 Å². The zero-order chi connectivity index (χ0) is 22.7. The number of carbonyl (C=O) groups is 2. The van der Waals surface area contributed by atoms with Crippen LogP contribution in [0.1, 0.15) is 29.5 Å². The summed E-state index contributed by atoms with van der Waals surface area (Å²) in [5, 5.41) is 18.3. The lowest BCUT2D eigenvalue weighted by Crippen LogP contribution is -2.40. The zero-order valence-corrected chi connectivity index (χ0v) is 18.8. The Morgan fingerprint density at radius 2 is 2.03 bits per heavy atom. The Labute approximate surface area is 188 Å². The van der Waals surface area contributed by atoms with Crippen LogP contribution in [-0.4, -0.2) is 63.6 Å². The number of hydrogen-bond acceptors (Lipinski definition) is 8. The number of pyridine rings is 1. The highest BCUT2D eigenvalue weighted by atomic mass is 32.2. The van der Waals surface area contributed by atoms with E-state index in [-0.39, 0.29) is 30.0 Å². The maximum Gasteiger partial charge on any atom is 0.303 e. The summed E-state index contributed by atoms with van der Waals surface area (Å²) in [4.78, 5) is 40.2. The summed E-state index contributed by atoms with van der Waals surface area (Å²) in [5.41, 5.74) is 0.761. The first-order chi connectivity index (χ1) is 14.8. The van der Waals surface area contributed by atoms with Crippen LogP contribution in [-0.2, 0) is 21.4 Å². The first kappa shape index (κ1) is 23.0. The molecule has 1 aromatic heterocycles. The van der Waals surface area contributed by atoms with E-state index in [4.69, 9.17) is 22.1 Å². The van der Waals surface area contributed by atoms with Crippen LogP contribution in [0.3, 0.4) is 0 Å². The smallest absolute Gasteiger partial charge is 0.303 e. The van der Waals surface area contributed by atoms with Crippen LogP contribution in [0.5, 0.6) is 0 Å². The van der Waals surface area contributed by atoms with Crippen molar-refractivity contribution >= 4 is 52.1 Å². The molecule has 1 amide bonds. The minimum absolute atomic E-state index is 0.0303. The number of carboxylic acids is 1. The third-order valence-electron chi connectivity index (χ3n) is 5.20. The van der Waals surface area contributed by atoms with Crippen LogP contribution in [0.2, 0.25) is 0 Å². The van der Waals surface area contributed by atoms with E-state index in [0.29, 0.717) is 58.9 Å². The predicted molar refractivity (Wildman–Crippen MR) is 121 cm³/mol. The van der Waals surface area contributed by atoms with Gasteiger partial charge in [-0.3, -0.25) is 23.9 Å². The van der Waals surface area contributed by atoms with Gasteiger partial charge in [0.15, 0.2) is 0 Å². The maximum absolute atomic E-state index is 12.9. The van der Waals surface area contributed by atoms with Gasteiger partial charge in [-0.2, -0.15) is 5.26 Å². The molecular weight excluding hydrogens is 440 g/mol. The summed E-state index contributed by atoms with van der Waals surface area (Å²) in [5.74, 6) is -0.609. The molecule has 0 aliphatic carbocycles. The molecular formula is C20H22N4O5S2. The molecule has 2 aliphatic rings. The molecule has 1 aromatic rings. The summed E-state index contributed by atoms with van der Waals surface area (Å²) >= 11 is 6.45. The molecule has 0 spiro atoms. The van der Waals surface area contributed by atoms with Crippen LogP contribution >= 0.6 is 24.0 Å². The van der Waals surface area contributed by atoms with E-state index in [1.165, 1.54) is 9.47 Å². The highest BCUT2D eigenvalue weighted by Gasteiger charge is 2.33. The van der Waals surface area contributed by atoms with Crippen molar-refractivity contribution in [3.05, 3.63) is 31.9 Å². The Bertz CT molecular complexity index is 1070.